The molecule has 1 aromatic carbocycles. The molecule has 1 aliphatic carbocycles. The van der Waals surface area contributed by atoms with E-state index in [1.165, 1.54) is 44.6 Å². The predicted octanol–water partition coefficient (Wildman–Crippen LogP) is 8.29. The van der Waals surface area contributed by atoms with Crippen molar-refractivity contribution in [2.75, 3.05) is 5.73 Å². The Labute approximate surface area is 220 Å². The van der Waals surface area contributed by atoms with E-state index < -0.39 is 11.9 Å². The zero-order valence-electron chi connectivity index (χ0n) is 23.3. The fourth-order valence-corrected chi connectivity index (χ4v) is 3.87. The number of aryl methyl sites for hydroxylation is 2. The predicted molar refractivity (Wildman–Crippen MR) is 150 cm³/mol. The number of halogens is 3. The van der Waals surface area contributed by atoms with Crippen molar-refractivity contribution in [3.05, 3.63) is 59.6 Å². The molecule has 2 aromatic heterocycles. The van der Waals surface area contributed by atoms with Gasteiger partial charge in [-0.25, -0.2) is 4.98 Å². The van der Waals surface area contributed by atoms with Gasteiger partial charge in [0.1, 0.15) is 5.69 Å². The van der Waals surface area contributed by atoms with Crippen LogP contribution in [0.4, 0.5) is 18.9 Å². The Hall–Kier alpha value is -3.03. The summed E-state index contributed by atoms with van der Waals surface area (Å²) in [5.41, 5.74) is 14.0. The minimum absolute atomic E-state index is 0.0982. The molecule has 5 nitrogen and oxygen atoms in total. The summed E-state index contributed by atoms with van der Waals surface area (Å²) in [4.78, 5) is 3.54. The van der Waals surface area contributed by atoms with Gasteiger partial charge in [0.05, 0.1) is 11.2 Å². The molecule has 0 amide bonds. The van der Waals surface area contributed by atoms with Crippen molar-refractivity contribution in [1.29, 1.82) is 0 Å². The Bertz CT molecular complexity index is 1100. The first-order chi connectivity index (χ1) is 17.4. The van der Waals surface area contributed by atoms with Gasteiger partial charge in [-0.2, -0.15) is 18.3 Å². The van der Waals surface area contributed by atoms with Crippen LogP contribution >= 0.6 is 0 Å². The van der Waals surface area contributed by atoms with Crippen molar-refractivity contribution >= 4 is 22.3 Å². The maximum Gasteiger partial charge on any atom is 0.433 e. The van der Waals surface area contributed by atoms with E-state index in [-0.39, 0.29) is 11.2 Å². The van der Waals surface area contributed by atoms with E-state index in [2.05, 4.69) is 30.5 Å². The zero-order valence-corrected chi connectivity index (χ0v) is 23.3. The molecule has 0 atom stereocenters. The molecular formula is C29H44F3N5. The minimum atomic E-state index is -4.47. The lowest BCUT2D eigenvalue weighted by atomic mass is 10.0. The van der Waals surface area contributed by atoms with Crippen LogP contribution in [0.15, 0.2) is 37.0 Å². The average Bonchev–Trinajstić information content (AvgIpc) is 3.21. The molecule has 4 rings (SSSR count). The lowest BCUT2D eigenvalue weighted by molar-refractivity contribution is -0.140. The summed E-state index contributed by atoms with van der Waals surface area (Å²) in [6.45, 7) is 16.7. The molecule has 2 heterocycles. The van der Waals surface area contributed by atoms with Crippen LogP contribution in [0.2, 0.25) is 0 Å². The summed E-state index contributed by atoms with van der Waals surface area (Å²) in [7, 11) is 0. The van der Waals surface area contributed by atoms with Crippen LogP contribution in [-0.2, 0) is 12.7 Å². The molecule has 0 bridgehead atoms. The number of nitrogens with zero attached hydrogens (tertiary/aromatic N) is 3. The Morgan fingerprint density at radius 3 is 2.00 bits per heavy atom. The number of anilines is 1. The molecule has 0 radical (unpaired) electrons. The van der Waals surface area contributed by atoms with Crippen LogP contribution in [0.25, 0.3) is 16.6 Å². The monoisotopic (exact) mass is 519 g/mol. The molecule has 1 fully saturated rings. The summed E-state index contributed by atoms with van der Waals surface area (Å²) in [5, 5.41) is 4.90. The van der Waals surface area contributed by atoms with Gasteiger partial charge < -0.3 is 11.5 Å². The quantitative estimate of drug-likeness (QED) is 0.365. The third-order valence-electron chi connectivity index (χ3n) is 5.63. The molecule has 0 aliphatic heterocycles. The van der Waals surface area contributed by atoms with Crippen molar-refractivity contribution in [2.45, 2.75) is 92.8 Å². The number of rotatable bonds is 3. The van der Waals surface area contributed by atoms with Crippen LogP contribution in [-0.4, -0.2) is 14.8 Å². The molecule has 3 aromatic rings. The molecule has 4 N–H and O–H groups in total. The Balaban J connectivity index is 0.000000291. The first-order valence-corrected chi connectivity index (χ1v) is 13.1. The molecule has 1 aliphatic rings. The standard InChI is InChI=1S/C11H9F3N2.C10H17N3.C6H12.C2H6/c1-6-2-3-9-7(4-6)8(15)5-10(16-9)11(12,13)14;1-7(2)5-13-6-10(8(3)11)9(4)12-13;1-2-4-6-5-3-1;1-2/h2-5H,1H3,(H2,15,16);6-7H,3,5,11H2,1-2,4H3;1-6H2;1-2H3. The molecule has 0 saturated heterocycles. The van der Waals surface area contributed by atoms with Crippen LogP contribution < -0.4 is 11.5 Å². The van der Waals surface area contributed by atoms with Crippen molar-refractivity contribution < 1.29 is 13.2 Å². The number of nitrogen functional groups attached to an aromatic ring is 1. The summed E-state index contributed by atoms with van der Waals surface area (Å²) in [5.74, 6) is 0.596. The molecular weight excluding hydrogens is 475 g/mol. The van der Waals surface area contributed by atoms with Crippen molar-refractivity contribution in [2.24, 2.45) is 11.7 Å². The highest BCUT2D eigenvalue weighted by molar-refractivity contribution is 5.90. The first-order valence-electron chi connectivity index (χ1n) is 13.1. The Kier molecular flexibility index (Phi) is 13.2. The molecule has 0 unspecified atom stereocenters. The number of fused-ring (bicyclic) bond motifs is 1. The maximum atomic E-state index is 12.5. The number of hydrogen-bond acceptors (Lipinski definition) is 4. The Morgan fingerprint density at radius 2 is 1.57 bits per heavy atom. The fraction of sp³-hybridized carbons (Fsp3) is 0.517. The van der Waals surface area contributed by atoms with E-state index in [0.29, 0.717) is 17.0 Å². The number of nitrogens with two attached hydrogens (primary N) is 2. The van der Waals surface area contributed by atoms with Gasteiger partial charge in [0, 0.05) is 35.1 Å². The zero-order chi connectivity index (χ0) is 28.2. The number of alkyl halides is 3. The smallest absolute Gasteiger partial charge is 0.399 e. The van der Waals surface area contributed by atoms with E-state index in [4.69, 9.17) is 11.5 Å². The van der Waals surface area contributed by atoms with Crippen molar-refractivity contribution in [3.63, 3.8) is 0 Å². The van der Waals surface area contributed by atoms with Gasteiger partial charge in [0.15, 0.2) is 0 Å². The van der Waals surface area contributed by atoms with Gasteiger partial charge >= 0.3 is 6.18 Å². The van der Waals surface area contributed by atoms with Gasteiger partial charge in [-0.05, 0) is 38.0 Å². The number of pyridine rings is 1. The van der Waals surface area contributed by atoms with E-state index in [1.54, 1.807) is 12.1 Å². The number of hydrogen-bond donors (Lipinski definition) is 2. The lowest BCUT2D eigenvalue weighted by Crippen LogP contribution is -2.09. The second-order valence-electron chi connectivity index (χ2n) is 9.51. The summed E-state index contributed by atoms with van der Waals surface area (Å²) >= 11 is 0. The number of benzene rings is 1. The third-order valence-corrected chi connectivity index (χ3v) is 5.63. The highest BCUT2D eigenvalue weighted by atomic mass is 19.4. The van der Waals surface area contributed by atoms with Crippen LogP contribution in [0.1, 0.15) is 88.7 Å². The van der Waals surface area contributed by atoms with E-state index >= 15 is 0 Å². The molecule has 1 saturated carbocycles. The van der Waals surface area contributed by atoms with Gasteiger partial charge in [-0.3, -0.25) is 4.68 Å². The van der Waals surface area contributed by atoms with Gasteiger partial charge in [0.25, 0.3) is 0 Å². The molecule has 37 heavy (non-hydrogen) atoms. The summed E-state index contributed by atoms with van der Waals surface area (Å²) < 4.78 is 39.3. The summed E-state index contributed by atoms with van der Waals surface area (Å²) in [6.07, 6.45) is 6.49. The van der Waals surface area contributed by atoms with Crippen LogP contribution in [0.3, 0.4) is 0 Å². The van der Waals surface area contributed by atoms with Gasteiger partial charge in [-0.15, -0.1) is 0 Å². The highest BCUT2D eigenvalue weighted by Crippen LogP contribution is 2.32. The van der Waals surface area contributed by atoms with Gasteiger partial charge in [0.2, 0.25) is 0 Å². The van der Waals surface area contributed by atoms with E-state index in [1.807, 2.05) is 38.6 Å². The molecule has 8 heteroatoms. The maximum absolute atomic E-state index is 12.5. The minimum Gasteiger partial charge on any atom is -0.399 e. The fourth-order valence-electron chi connectivity index (χ4n) is 3.87. The largest absolute Gasteiger partial charge is 0.433 e. The van der Waals surface area contributed by atoms with E-state index in [0.717, 1.165) is 29.4 Å². The number of aromatic nitrogens is 3. The third kappa shape index (κ3) is 10.9. The normalized spacial score (nSPS) is 13.0. The van der Waals surface area contributed by atoms with E-state index in [9.17, 15) is 13.2 Å². The Morgan fingerprint density at radius 1 is 1.03 bits per heavy atom. The summed E-state index contributed by atoms with van der Waals surface area (Å²) in [6, 6.07) is 5.82. The van der Waals surface area contributed by atoms with Crippen LogP contribution in [0.5, 0.6) is 0 Å². The van der Waals surface area contributed by atoms with Crippen LogP contribution in [0, 0.1) is 19.8 Å². The molecule has 0 spiro atoms. The second-order valence-corrected chi connectivity index (χ2v) is 9.51. The van der Waals surface area contributed by atoms with Crippen molar-refractivity contribution in [1.82, 2.24) is 14.8 Å². The highest BCUT2D eigenvalue weighted by Gasteiger charge is 2.33. The van der Waals surface area contributed by atoms with Gasteiger partial charge in [-0.1, -0.05) is 84.4 Å². The topological polar surface area (TPSA) is 82.8 Å². The SMILES string of the molecule is C1CCCCC1.C=C(N)c1cn(CC(C)C)nc1C.CC.Cc1ccc2nc(C(F)(F)F)cc(N)c2c1. The van der Waals surface area contributed by atoms with Crippen molar-refractivity contribution in [3.8, 4) is 0 Å². The first kappa shape index (κ1) is 32.0. The average molecular weight is 520 g/mol. The molecule has 206 valence electrons. The second kappa shape index (κ2) is 15.3. The lowest BCUT2D eigenvalue weighted by Gasteiger charge is -2.09.